The fourth-order valence-corrected chi connectivity index (χ4v) is 3.59. The van der Waals surface area contributed by atoms with Crippen LogP contribution in [0.2, 0.25) is 0 Å². The van der Waals surface area contributed by atoms with Gasteiger partial charge in [0.15, 0.2) is 16.7 Å². The number of ether oxygens (including phenoxy) is 2. The Labute approximate surface area is 163 Å². The highest BCUT2D eigenvalue weighted by Crippen LogP contribution is 2.36. The molecule has 8 heteroatoms. The molecule has 1 aliphatic heterocycles. The second-order valence-corrected chi connectivity index (χ2v) is 6.96. The lowest BCUT2D eigenvalue weighted by atomic mass is 10.2. The summed E-state index contributed by atoms with van der Waals surface area (Å²) in [7, 11) is 0. The number of rotatable bonds is 5. The Hall–Kier alpha value is -1.99. The van der Waals surface area contributed by atoms with Gasteiger partial charge in [0.1, 0.15) is 6.61 Å². The fourth-order valence-electron chi connectivity index (χ4n) is 1.95. The molecule has 1 N–H and O–H groups in total. The van der Waals surface area contributed by atoms with Gasteiger partial charge in [0, 0.05) is 6.92 Å². The molecule has 0 atom stereocenters. The zero-order valence-electron chi connectivity index (χ0n) is 13.6. The maximum Gasteiger partial charge on any atom is 0.286 e. The van der Waals surface area contributed by atoms with Crippen molar-refractivity contribution < 1.29 is 19.1 Å². The van der Waals surface area contributed by atoms with Gasteiger partial charge in [-0.15, -0.1) is 6.42 Å². The number of nitrogens with zero attached hydrogens (tertiary/aromatic N) is 1. The summed E-state index contributed by atoms with van der Waals surface area (Å²) < 4.78 is 12.0. The lowest BCUT2D eigenvalue weighted by Gasteiger charge is -2.13. The van der Waals surface area contributed by atoms with E-state index in [-0.39, 0.29) is 17.7 Å². The summed E-state index contributed by atoms with van der Waals surface area (Å²) in [5, 5.41) is 2.79. The number of hydrogen-bond donors (Lipinski definition) is 1. The topological polar surface area (TPSA) is 77.0 Å². The second kappa shape index (κ2) is 8.92. The average Bonchev–Trinajstić information content (AvgIpc) is 2.85. The summed E-state index contributed by atoms with van der Waals surface area (Å²) in [5.74, 6) is 2.88. The Morgan fingerprint density at radius 2 is 2.24 bits per heavy atom. The number of carbonyl (C=O) groups excluding carboxylic acids is 2. The Balaban J connectivity index is 2.30. The maximum absolute atomic E-state index is 12.0. The van der Waals surface area contributed by atoms with Crippen molar-refractivity contribution in [2.45, 2.75) is 13.8 Å². The van der Waals surface area contributed by atoms with Crippen molar-refractivity contribution in [3.05, 3.63) is 26.2 Å². The molecule has 0 fully saturated rings. The molecule has 25 heavy (non-hydrogen) atoms. The summed E-state index contributed by atoms with van der Waals surface area (Å²) in [6, 6.07) is 3.63. The number of thioether (sulfide) groups is 1. The smallest absolute Gasteiger partial charge is 0.286 e. The third-order valence-corrected chi connectivity index (χ3v) is 4.53. The highest BCUT2D eigenvalue weighted by molar-refractivity contribution is 14.1. The number of nitrogens with one attached hydrogen (secondary N) is 1. The molecule has 1 aliphatic rings. The van der Waals surface area contributed by atoms with Crippen molar-refractivity contribution in [1.29, 1.82) is 0 Å². The van der Waals surface area contributed by atoms with Gasteiger partial charge >= 0.3 is 0 Å². The van der Waals surface area contributed by atoms with Crippen LogP contribution >= 0.6 is 34.4 Å². The molecular weight excluding hydrogens is 455 g/mol. The lowest BCUT2D eigenvalue weighted by molar-refractivity contribution is -0.117. The van der Waals surface area contributed by atoms with Gasteiger partial charge in [0.05, 0.1) is 15.1 Å². The molecule has 1 heterocycles. The molecule has 1 aromatic rings. The van der Waals surface area contributed by atoms with Crippen LogP contribution < -0.4 is 14.8 Å². The minimum atomic E-state index is -0.394. The number of halogens is 1. The first-order valence-corrected chi connectivity index (χ1v) is 9.16. The van der Waals surface area contributed by atoms with E-state index in [4.69, 9.17) is 15.9 Å². The largest absolute Gasteiger partial charge is 0.490 e. The normalized spacial score (nSPS) is 14.9. The molecule has 1 aromatic carbocycles. The van der Waals surface area contributed by atoms with Gasteiger partial charge < -0.3 is 14.8 Å². The highest BCUT2D eigenvalue weighted by Gasteiger charge is 2.23. The lowest BCUT2D eigenvalue weighted by Crippen LogP contribution is -2.23. The van der Waals surface area contributed by atoms with Crippen LogP contribution in [0.5, 0.6) is 11.5 Å². The molecule has 6 nitrogen and oxygen atoms in total. The van der Waals surface area contributed by atoms with Gasteiger partial charge in [0.2, 0.25) is 5.91 Å². The third-order valence-electron chi connectivity index (χ3n) is 2.83. The van der Waals surface area contributed by atoms with Gasteiger partial charge in [-0.05, 0) is 65.0 Å². The molecule has 0 radical (unpaired) electrons. The first-order valence-electron chi connectivity index (χ1n) is 7.27. The standard InChI is InChI=1S/C17H15IN2O4S/c1-4-6-24-15-12(18)7-11(8-13(15)23-5-2)9-14-16(22)20-17(25-14)19-10(3)21/h1,7-9H,5-6H2,2-3H3,(H,19,20,21,22). The molecule has 0 aromatic heterocycles. The Bertz CT molecular complexity index is 812. The van der Waals surface area contributed by atoms with Gasteiger partial charge in [-0.2, -0.15) is 4.99 Å². The van der Waals surface area contributed by atoms with Gasteiger partial charge in [-0.25, -0.2) is 0 Å². The van der Waals surface area contributed by atoms with E-state index >= 15 is 0 Å². The summed E-state index contributed by atoms with van der Waals surface area (Å²) in [5.41, 5.74) is 0.760. The molecular formula is C17H15IN2O4S. The van der Waals surface area contributed by atoms with Crippen LogP contribution in [-0.2, 0) is 9.59 Å². The van der Waals surface area contributed by atoms with Crippen LogP contribution in [0.3, 0.4) is 0 Å². The van der Waals surface area contributed by atoms with Gasteiger partial charge in [0.25, 0.3) is 5.91 Å². The van der Waals surface area contributed by atoms with E-state index in [1.54, 1.807) is 12.1 Å². The van der Waals surface area contributed by atoms with Crippen molar-refractivity contribution in [2.24, 2.45) is 4.99 Å². The average molecular weight is 470 g/mol. The summed E-state index contributed by atoms with van der Waals surface area (Å²) in [6.07, 6.45) is 6.94. The number of carbonyl (C=O) groups is 2. The molecule has 0 saturated carbocycles. The van der Waals surface area contributed by atoms with E-state index in [1.807, 2.05) is 13.0 Å². The van der Waals surface area contributed by atoms with Crippen molar-refractivity contribution in [1.82, 2.24) is 5.32 Å². The molecule has 130 valence electrons. The molecule has 2 rings (SSSR count). The van der Waals surface area contributed by atoms with E-state index in [0.717, 1.165) is 20.9 Å². The molecule has 2 amide bonds. The number of hydrogen-bond acceptors (Lipinski definition) is 5. The zero-order chi connectivity index (χ0) is 18.4. The SMILES string of the molecule is C#CCOc1c(I)cc(C=C2SC(NC(C)=O)=NC2=O)cc1OCC. The third kappa shape index (κ3) is 5.24. The molecule has 0 saturated heterocycles. The summed E-state index contributed by atoms with van der Waals surface area (Å²) in [6.45, 7) is 3.83. The minimum Gasteiger partial charge on any atom is -0.490 e. The van der Waals surface area contributed by atoms with Crippen LogP contribution in [0.15, 0.2) is 22.0 Å². The monoisotopic (exact) mass is 470 g/mol. The molecule has 0 bridgehead atoms. The number of aliphatic imine (C=N–C) groups is 1. The summed E-state index contributed by atoms with van der Waals surface area (Å²) >= 11 is 3.24. The van der Waals surface area contributed by atoms with Gasteiger partial charge in [-0.1, -0.05) is 5.92 Å². The summed E-state index contributed by atoms with van der Waals surface area (Å²) in [4.78, 5) is 27.3. The number of benzene rings is 1. The highest BCUT2D eigenvalue weighted by atomic mass is 127. The quantitative estimate of drug-likeness (QED) is 0.407. The maximum atomic E-state index is 12.0. The molecule has 0 aliphatic carbocycles. The molecule has 0 unspecified atom stereocenters. The van der Waals surface area contributed by atoms with Crippen molar-refractivity contribution in [3.63, 3.8) is 0 Å². The Morgan fingerprint density at radius 3 is 2.88 bits per heavy atom. The van der Waals surface area contributed by atoms with Crippen molar-refractivity contribution >= 4 is 57.4 Å². The predicted molar refractivity (Wildman–Crippen MR) is 106 cm³/mol. The van der Waals surface area contributed by atoms with Gasteiger partial charge in [-0.3, -0.25) is 9.59 Å². The van der Waals surface area contributed by atoms with Crippen LogP contribution in [0.4, 0.5) is 0 Å². The van der Waals surface area contributed by atoms with Crippen molar-refractivity contribution in [2.75, 3.05) is 13.2 Å². The van der Waals surface area contributed by atoms with Crippen LogP contribution in [0.1, 0.15) is 19.4 Å². The van der Waals surface area contributed by atoms with E-state index < -0.39 is 5.91 Å². The Morgan fingerprint density at radius 1 is 1.48 bits per heavy atom. The number of amidine groups is 1. The molecule has 0 spiro atoms. The number of amides is 2. The van der Waals surface area contributed by atoms with Crippen molar-refractivity contribution in [3.8, 4) is 23.8 Å². The van der Waals surface area contributed by atoms with Crippen LogP contribution in [0.25, 0.3) is 6.08 Å². The first kappa shape index (κ1) is 19.3. The predicted octanol–water partition coefficient (Wildman–Crippen LogP) is 2.81. The minimum absolute atomic E-state index is 0.138. The Kier molecular flexibility index (Phi) is 6.90. The fraction of sp³-hybridized carbons (Fsp3) is 0.235. The van der Waals surface area contributed by atoms with E-state index in [0.29, 0.717) is 23.0 Å². The van der Waals surface area contributed by atoms with E-state index in [2.05, 4.69) is 38.8 Å². The second-order valence-electron chi connectivity index (χ2n) is 4.77. The van der Waals surface area contributed by atoms with E-state index in [1.165, 1.54) is 6.92 Å². The van der Waals surface area contributed by atoms with Crippen LogP contribution in [-0.4, -0.2) is 30.2 Å². The zero-order valence-corrected chi connectivity index (χ0v) is 16.6. The number of terminal acetylenes is 1. The first-order chi connectivity index (χ1) is 11.9. The van der Waals surface area contributed by atoms with Crippen LogP contribution in [0, 0.1) is 15.9 Å². The van der Waals surface area contributed by atoms with E-state index in [9.17, 15) is 9.59 Å².